The minimum absolute atomic E-state index is 0.614. The summed E-state index contributed by atoms with van der Waals surface area (Å²) in [6.45, 7) is 2.46. The molecular formula is C14H12BrClN4O. The first-order chi connectivity index (χ1) is 10.1. The van der Waals surface area contributed by atoms with E-state index in [0.717, 1.165) is 21.2 Å². The molecule has 2 aromatic heterocycles. The van der Waals surface area contributed by atoms with E-state index in [-0.39, 0.29) is 0 Å². The Morgan fingerprint density at radius 1 is 1.29 bits per heavy atom. The molecule has 0 amide bonds. The van der Waals surface area contributed by atoms with E-state index >= 15 is 0 Å². The Morgan fingerprint density at radius 2 is 2.14 bits per heavy atom. The Hall–Kier alpha value is -1.66. The van der Waals surface area contributed by atoms with Crippen LogP contribution < -0.4 is 5.32 Å². The number of halogens is 2. The van der Waals surface area contributed by atoms with Gasteiger partial charge in [-0.3, -0.25) is 0 Å². The van der Waals surface area contributed by atoms with Crippen LogP contribution in [0.15, 0.2) is 33.3 Å². The largest absolute Gasteiger partial charge is 0.370 e. The van der Waals surface area contributed by atoms with Crippen molar-refractivity contribution in [1.29, 1.82) is 0 Å². The van der Waals surface area contributed by atoms with Crippen LogP contribution in [0.5, 0.6) is 0 Å². The highest BCUT2D eigenvalue weighted by Crippen LogP contribution is 2.27. The summed E-state index contributed by atoms with van der Waals surface area (Å²) in [5.74, 6) is 2.02. The molecule has 5 nitrogen and oxygen atoms in total. The summed E-state index contributed by atoms with van der Waals surface area (Å²) in [6.07, 6.45) is 0.647. The van der Waals surface area contributed by atoms with E-state index in [1.807, 2.05) is 24.3 Å². The molecule has 0 unspecified atom stereocenters. The van der Waals surface area contributed by atoms with Gasteiger partial charge in [-0.15, -0.1) is 0 Å². The molecule has 0 aliphatic heterocycles. The summed E-state index contributed by atoms with van der Waals surface area (Å²) in [4.78, 5) is 8.67. The SMILES string of the molecule is Cc1noc(CCNc2ccc3cc(Br)cc(Cl)c3n2)n1. The van der Waals surface area contributed by atoms with Gasteiger partial charge in [0.05, 0.1) is 10.5 Å². The quantitative estimate of drug-likeness (QED) is 0.755. The van der Waals surface area contributed by atoms with E-state index in [4.69, 9.17) is 16.1 Å². The van der Waals surface area contributed by atoms with Crippen LogP contribution in [0.4, 0.5) is 5.82 Å². The molecule has 2 heterocycles. The molecule has 1 N–H and O–H groups in total. The third-order valence-electron chi connectivity index (χ3n) is 2.93. The lowest BCUT2D eigenvalue weighted by atomic mass is 10.2. The number of pyridine rings is 1. The molecule has 0 fully saturated rings. The minimum Gasteiger partial charge on any atom is -0.370 e. The van der Waals surface area contributed by atoms with Crippen LogP contribution in [-0.2, 0) is 6.42 Å². The van der Waals surface area contributed by atoms with Crippen molar-refractivity contribution >= 4 is 44.3 Å². The van der Waals surface area contributed by atoms with Crippen LogP contribution in [0, 0.1) is 6.92 Å². The zero-order valence-electron chi connectivity index (χ0n) is 11.2. The molecule has 0 bridgehead atoms. The van der Waals surface area contributed by atoms with Gasteiger partial charge in [0.1, 0.15) is 5.82 Å². The van der Waals surface area contributed by atoms with Crippen molar-refractivity contribution in [3.63, 3.8) is 0 Å². The smallest absolute Gasteiger partial charge is 0.228 e. The maximum Gasteiger partial charge on any atom is 0.228 e. The lowest BCUT2D eigenvalue weighted by molar-refractivity contribution is 0.377. The summed E-state index contributed by atoms with van der Waals surface area (Å²) in [7, 11) is 0. The van der Waals surface area contributed by atoms with Gasteiger partial charge >= 0.3 is 0 Å². The average molecular weight is 368 g/mol. The number of aryl methyl sites for hydroxylation is 1. The number of anilines is 1. The molecule has 0 saturated carbocycles. The molecule has 0 aliphatic rings. The normalized spacial score (nSPS) is 11.0. The highest BCUT2D eigenvalue weighted by atomic mass is 79.9. The van der Waals surface area contributed by atoms with Crippen LogP contribution >= 0.6 is 27.5 Å². The first-order valence-electron chi connectivity index (χ1n) is 6.41. The lowest BCUT2D eigenvalue weighted by Crippen LogP contribution is -2.06. The van der Waals surface area contributed by atoms with Crippen LogP contribution in [-0.4, -0.2) is 21.7 Å². The van der Waals surface area contributed by atoms with E-state index in [0.29, 0.717) is 29.7 Å². The fraction of sp³-hybridized carbons (Fsp3) is 0.214. The topological polar surface area (TPSA) is 63.8 Å². The molecule has 7 heteroatoms. The fourth-order valence-electron chi connectivity index (χ4n) is 1.99. The summed E-state index contributed by atoms with van der Waals surface area (Å²) in [6, 6.07) is 7.73. The summed E-state index contributed by atoms with van der Waals surface area (Å²) in [5, 5.41) is 8.59. The van der Waals surface area contributed by atoms with E-state index in [1.54, 1.807) is 6.92 Å². The number of nitrogens with one attached hydrogen (secondary N) is 1. The molecule has 108 valence electrons. The van der Waals surface area contributed by atoms with Crippen molar-refractivity contribution in [2.24, 2.45) is 0 Å². The highest BCUT2D eigenvalue weighted by Gasteiger charge is 2.05. The second kappa shape index (κ2) is 5.99. The van der Waals surface area contributed by atoms with Crippen molar-refractivity contribution in [2.45, 2.75) is 13.3 Å². The summed E-state index contributed by atoms with van der Waals surface area (Å²) >= 11 is 9.63. The van der Waals surface area contributed by atoms with Crippen LogP contribution in [0.2, 0.25) is 5.02 Å². The van der Waals surface area contributed by atoms with E-state index in [2.05, 4.69) is 36.4 Å². The molecular weight excluding hydrogens is 356 g/mol. The molecule has 3 rings (SSSR count). The Bertz CT molecular complexity index is 790. The van der Waals surface area contributed by atoms with Crippen LogP contribution in [0.25, 0.3) is 10.9 Å². The number of aromatic nitrogens is 3. The van der Waals surface area contributed by atoms with Crippen molar-refractivity contribution in [1.82, 2.24) is 15.1 Å². The Morgan fingerprint density at radius 3 is 2.90 bits per heavy atom. The summed E-state index contributed by atoms with van der Waals surface area (Å²) < 4.78 is 6.00. The van der Waals surface area contributed by atoms with Crippen LogP contribution in [0.1, 0.15) is 11.7 Å². The van der Waals surface area contributed by atoms with Gasteiger partial charge in [0.15, 0.2) is 5.82 Å². The third kappa shape index (κ3) is 3.33. The zero-order valence-corrected chi connectivity index (χ0v) is 13.6. The van der Waals surface area contributed by atoms with Crippen molar-refractivity contribution in [3.05, 3.63) is 45.5 Å². The minimum atomic E-state index is 0.614. The molecule has 0 radical (unpaired) electrons. The van der Waals surface area contributed by atoms with Gasteiger partial charge in [0.2, 0.25) is 5.89 Å². The number of rotatable bonds is 4. The average Bonchev–Trinajstić information content (AvgIpc) is 2.85. The first kappa shape index (κ1) is 14.3. The predicted molar refractivity (Wildman–Crippen MR) is 85.7 cm³/mol. The van der Waals surface area contributed by atoms with Gasteiger partial charge in [-0.05, 0) is 31.2 Å². The maximum atomic E-state index is 6.21. The van der Waals surface area contributed by atoms with E-state index < -0.39 is 0 Å². The van der Waals surface area contributed by atoms with Gasteiger partial charge in [-0.2, -0.15) is 4.98 Å². The van der Waals surface area contributed by atoms with E-state index in [1.165, 1.54) is 0 Å². The molecule has 1 aromatic carbocycles. The van der Waals surface area contributed by atoms with E-state index in [9.17, 15) is 0 Å². The van der Waals surface area contributed by atoms with Crippen molar-refractivity contribution in [3.8, 4) is 0 Å². The standard InChI is InChI=1S/C14H12BrClN4O/c1-8-18-13(21-20-8)4-5-17-12-3-2-9-6-10(15)7-11(16)14(9)19-12/h2-3,6-7H,4-5H2,1H3,(H,17,19). The van der Waals surface area contributed by atoms with Gasteiger partial charge in [-0.1, -0.05) is 32.7 Å². The van der Waals surface area contributed by atoms with Gasteiger partial charge in [0, 0.05) is 22.8 Å². The number of fused-ring (bicyclic) bond motifs is 1. The molecule has 21 heavy (non-hydrogen) atoms. The fourth-order valence-corrected chi connectivity index (χ4v) is 2.87. The Balaban J connectivity index is 1.72. The summed E-state index contributed by atoms with van der Waals surface area (Å²) in [5.41, 5.74) is 0.776. The zero-order chi connectivity index (χ0) is 14.8. The highest BCUT2D eigenvalue weighted by molar-refractivity contribution is 9.10. The molecule has 0 aliphatic carbocycles. The predicted octanol–water partition coefficient (Wildman–Crippen LogP) is 4.00. The number of hydrogen-bond acceptors (Lipinski definition) is 5. The molecule has 0 saturated heterocycles. The van der Waals surface area contributed by atoms with Gasteiger partial charge in [-0.25, -0.2) is 4.98 Å². The molecule has 0 spiro atoms. The molecule has 3 aromatic rings. The number of benzene rings is 1. The second-order valence-corrected chi connectivity index (χ2v) is 5.89. The van der Waals surface area contributed by atoms with Crippen molar-refractivity contribution < 1.29 is 4.52 Å². The molecule has 0 atom stereocenters. The third-order valence-corrected chi connectivity index (χ3v) is 3.67. The van der Waals surface area contributed by atoms with Gasteiger partial charge < -0.3 is 9.84 Å². The van der Waals surface area contributed by atoms with Crippen LogP contribution in [0.3, 0.4) is 0 Å². The maximum absolute atomic E-state index is 6.21. The number of nitrogens with zero attached hydrogens (tertiary/aromatic N) is 3. The monoisotopic (exact) mass is 366 g/mol. The van der Waals surface area contributed by atoms with Crippen molar-refractivity contribution in [2.75, 3.05) is 11.9 Å². The first-order valence-corrected chi connectivity index (χ1v) is 7.58. The number of hydrogen-bond donors (Lipinski definition) is 1. The Labute approximate surface area is 134 Å². The Kier molecular flexibility index (Phi) is 4.07. The van der Waals surface area contributed by atoms with Gasteiger partial charge in [0.25, 0.3) is 0 Å². The second-order valence-electron chi connectivity index (χ2n) is 4.57. The lowest BCUT2D eigenvalue weighted by Gasteiger charge is -2.07.